The van der Waals surface area contributed by atoms with Gasteiger partial charge in [-0.25, -0.2) is 10.4 Å². The van der Waals surface area contributed by atoms with Gasteiger partial charge in [0.25, 0.3) is 0 Å². The molecule has 3 rings (SSSR count). The van der Waals surface area contributed by atoms with Crippen molar-refractivity contribution < 1.29 is 4.79 Å². The van der Waals surface area contributed by atoms with Gasteiger partial charge in [0.2, 0.25) is 5.91 Å². The van der Waals surface area contributed by atoms with E-state index in [0.717, 1.165) is 29.2 Å². The standard InChI is InChI=1S/C17H18N4OS/c1-2-14(10-13-6-4-3-5-7-13)19-20-16(22)11-15-12-21-8-9-23-17(21)18-15/h3-9,12H,2,10-11H2,1H3,(H,20,22). The summed E-state index contributed by atoms with van der Waals surface area (Å²) in [5, 5.41) is 6.23. The van der Waals surface area contributed by atoms with Crippen LogP contribution in [0.2, 0.25) is 0 Å². The minimum absolute atomic E-state index is 0.144. The molecule has 0 unspecified atom stereocenters. The summed E-state index contributed by atoms with van der Waals surface area (Å²) in [6, 6.07) is 10.1. The lowest BCUT2D eigenvalue weighted by Crippen LogP contribution is -2.22. The fourth-order valence-electron chi connectivity index (χ4n) is 2.28. The number of nitrogens with zero attached hydrogens (tertiary/aromatic N) is 3. The van der Waals surface area contributed by atoms with Crippen LogP contribution in [0.25, 0.3) is 4.96 Å². The molecule has 0 atom stereocenters. The Balaban J connectivity index is 1.58. The number of carbonyl (C=O) groups is 1. The zero-order chi connectivity index (χ0) is 16.1. The lowest BCUT2D eigenvalue weighted by atomic mass is 10.1. The fourth-order valence-corrected chi connectivity index (χ4v) is 3.00. The predicted octanol–water partition coefficient (Wildman–Crippen LogP) is 3.06. The van der Waals surface area contributed by atoms with E-state index in [4.69, 9.17) is 0 Å². The van der Waals surface area contributed by atoms with Crippen LogP contribution in [-0.4, -0.2) is 21.0 Å². The molecule has 1 N–H and O–H groups in total. The highest BCUT2D eigenvalue weighted by Gasteiger charge is 2.08. The molecule has 3 aromatic rings. The van der Waals surface area contributed by atoms with Crippen LogP contribution in [0.5, 0.6) is 0 Å². The summed E-state index contributed by atoms with van der Waals surface area (Å²) >= 11 is 1.55. The Morgan fingerprint density at radius 3 is 2.87 bits per heavy atom. The third kappa shape index (κ3) is 4.04. The third-order valence-corrected chi connectivity index (χ3v) is 4.25. The van der Waals surface area contributed by atoms with E-state index in [2.05, 4.69) is 27.6 Å². The molecule has 6 heteroatoms. The first-order valence-electron chi connectivity index (χ1n) is 7.54. The van der Waals surface area contributed by atoms with Crippen LogP contribution in [0, 0.1) is 0 Å². The van der Waals surface area contributed by atoms with E-state index in [9.17, 15) is 4.79 Å². The maximum absolute atomic E-state index is 12.0. The van der Waals surface area contributed by atoms with Gasteiger partial charge in [-0.2, -0.15) is 5.10 Å². The average Bonchev–Trinajstić information content (AvgIpc) is 3.13. The van der Waals surface area contributed by atoms with Gasteiger partial charge in [0.05, 0.1) is 12.1 Å². The first kappa shape index (κ1) is 15.4. The van der Waals surface area contributed by atoms with Crippen LogP contribution in [-0.2, 0) is 17.6 Å². The number of carbonyl (C=O) groups excluding carboxylic acids is 1. The molecule has 0 aliphatic carbocycles. The van der Waals surface area contributed by atoms with Gasteiger partial charge in [-0.05, 0) is 12.0 Å². The maximum atomic E-state index is 12.0. The van der Waals surface area contributed by atoms with Gasteiger partial charge >= 0.3 is 0 Å². The number of hydrazone groups is 1. The monoisotopic (exact) mass is 326 g/mol. The minimum Gasteiger partial charge on any atom is -0.297 e. The quantitative estimate of drug-likeness (QED) is 0.559. The number of fused-ring (bicyclic) bond motifs is 1. The van der Waals surface area contributed by atoms with Crippen LogP contribution in [0.4, 0.5) is 0 Å². The van der Waals surface area contributed by atoms with E-state index in [0.29, 0.717) is 0 Å². The zero-order valence-corrected chi connectivity index (χ0v) is 13.7. The summed E-state index contributed by atoms with van der Waals surface area (Å²) in [7, 11) is 0. The first-order chi connectivity index (χ1) is 11.2. The van der Waals surface area contributed by atoms with Crippen molar-refractivity contribution in [2.45, 2.75) is 26.2 Å². The van der Waals surface area contributed by atoms with E-state index in [1.54, 1.807) is 11.3 Å². The topological polar surface area (TPSA) is 58.8 Å². The number of thiazole rings is 1. The van der Waals surface area contributed by atoms with E-state index < -0.39 is 0 Å². The Hall–Kier alpha value is -2.47. The number of benzene rings is 1. The number of aromatic nitrogens is 2. The van der Waals surface area contributed by atoms with Crippen molar-refractivity contribution >= 4 is 27.9 Å². The van der Waals surface area contributed by atoms with Crippen molar-refractivity contribution in [3.8, 4) is 0 Å². The molecule has 0 bridgehead atoms. The van der Waals surface area contributed by atoms with Gasteiger partial charge in [-0.1, -0.05) is 37.3 Å². The second kappa shape index (κ2) is 7.19. The molecule has 0 saturated carbocycles. The molecule has 0 fully saturated rings. The van der Waals surface area contributed by atoms with Crippen LogP contribution < -0.4 is 5.43 Å². The number of rotatable bonds is 6. The SMILES string of the molecule is CCC(Cc1ccccc1)=NNC(=O)Cc1cn2ccsc2n1. The molecule has 0 aliphatic rings. The molecule has 0 aliphatic heterocycles. The Kier molecular flexibility index (Phi) is 4.83. The molecular weight excluding hydrogens is 308 g/mol. The van der Waals surface area contributed by atoms with Gasteiger partial charge in [-0.3, -0.25) is 9.20 Å². The summed E-state index contributed by atoms with van der Waals surface area (Å²) in [5.74, 6) is -0.144. The molecule has 2 heterocycles. The van der Waals surface area contributed by atoms with E-state index in [1.807, 2.05) is 47.3 Å². The molecule has 2 aromatic heterocycles. The van der Waals surface area contributed by atoms with Crippen molar-refractivity contribution in [3.05, 3.63) is 59.4 Å². The third-order valence-electron chi connectivity index (χ3n) is 3.48. The van der Waals surface area contributed by atoms with Gasteiger partial charge in [0.15, 0.2) is 4.96 Å². The smallest absolute Gasteiger partial charge is 0.246 e. The van der Waals surface area contributed by atoms with Crippen LogP contribution in [0.3, 0.4) is 0 Å². The normalized spacial score (nSPS) is 11.8. The molecule has 0 radical (unpaired) electrons. The summed E-state index contributed by atoms with van der Waals surface area (Å²) < 4.78 is 1.92. The maximum Gasteiger partial charge on any atom is 0.246 e. The lowest BCUT2D eigenvalue weighted by molar-refractivity contribution is -0.120. The van der Waals surface area contributed by atoms with Gasteiger partial charge < -0.3 is 0 Å². The molecule has 1 amide bonds. The minimum atomic E-state index is -0.144. The Morgan fingerprint density at radius 1 is 1.30 bits per heavy atom. The van der Waals surface area contributed by atoms with Crippen molar-refractivity contribution in [1.29, 1.82) is 0 Å². The number of amides is 1. The lowest BCUT2D eigenvalue weighted by Gasteiger charge is -2.05. The summed E-state index contributed by atoms with van der Waals surface area (Å²) in [6.45, 7) is 2.04. The average molecular weight is 326 g/mol. The number of hydrogen-bond acceptors (Lipinski definition) is 4. The van der Waals surface area contributed by atoms with E-state index in [-0.39, 0.29) is 12.3 Å². The second-order valence-electron chi connectivity index (χ2n) is 5.23. The van der Waals surface area contributed by atoms with Crippen molar-refractivity contribution in [2.24, 2.45) is 5.10 Å². The molecule has 1 aromatic carbocycles. The molecule has 5 nitrogen and oxygen atoms in total. The van der Waals surface area contributed by atoms with Crippen molar-refractivity contribution in [1.82, 2.24) is 14.8 Å². The van der Waals surface area contributed by atoms with Crippen molar-refractivity contribution in [3.63, 3.8) is 0 Å². The molecular formula is C17H18N4OS. The Bertz CT molecular complexity index is 791. The summed E-state index contributed by atoms with van der Waals surface area (Å²) in [5.41, 5.74) is 5.54. The van der Waals surface area contributed by atoms with Crippen LogP contribution >= 0.6 is 11.3 Å². The Morgan fingerprint density at radius 2 is 2.13 bits per heavy atom. The highest BCUT2D eigenvalue weighted by Crippen LogP contribution is 2.11. The highest BCUT2D eigenvalue weighted by molar-refractivity contribution is 7.15. The number of nitrogens with one attached hydrogen (secondary N) is 1. The summed E-state index contributed by atoms with van der Waals surface area (Å²) in [6.07, 6.45) is 5.59. The molecule has 0 saturated heterocycles. The second-order valence-corrected chi connectivity index (χ2v) is 6.10. The number of imidazole rings is 1. The van der Waals surface area contributed by atoms with Gasteiger partial charge in [0.1, 0.15) is 0 Å². The molecule has 23 heavy (non-hydrogen) atoms. The van der Waals surface area contributed by atoms with Gasteiger partial charge in [-0.15, -0.1) is 11.3 Å². The predicted molar refractivity (Wildman–Crippen MR) is 92.8 cm³/mol. The summed E-state index contributed by atoms with van der Waals surface area (Å²) in [4.78, 5) is 17.3. The first-order valence-corrected chi connectivity index (χ1v) is 8.42. The van der Waals surface area contributed by atoms with Crippen molar-refractivity contribution in [2.75, 3.05) is 0 Å². The Labute approximate surface area is 138 Å². The molecule has 0 spiro atoms. The van der Waals surface area contributed by atoms with E-state index >= 15 is 0 Å². The van der Waals surface area contributed by atoms with Crippen LogP contribution in [0.1, 0.15) is 24.6 Å². The highest BCUT2D eigenvalue weighted by atomic mass is 32.1. The van der Waals surface area contributed by atoms with Crippen LogP contribution in [0.15, 0.2) is 53.2 Å². The molecule has 118 valence electrons. The van der Waals surface area contributed by atoms with Gasteiger partial charge in [0, 0.05) is 29.9 Å². The number of hydrogen-bond donors (Lipinski definition) is 1. The van der Waals surface area contributed by atoms with E-state index in [1.165, 1.54) is 5.56 Å². The largest absolute Gasteiger partial charge is 0.297 e. The zero-order valence-electron chi connectivity index (χ0n) is 12.9. The fraction of sp³-hybridized carbons (Fsp3) is 0.235.